The van der Waals surface area contributed by atoms with Crippen LogP contribution in [0.5, 0.6) is 0 Å². The molecule has 0 spiro atoms. The number of likely N-dealkylation sites (tertiary alicyclic amines) is 1. The van der Waals surface area contributed by atoms with Crippen LogP contribution in [0.15, 0.2) is 34.2 Å². The average Bonchev–Trinajstić information content (AvgIpc) is 2.66. The first-order valence-corrected chi connectivity index (χ1v) is 11.3. The Kier molecular flexibility index (Phi) is 9.03. The molecule has 152 valence electrons. The number of hydrogen-bond acceptors (Lipinski definition) is 4. The number of rotatable bonds is 9. The first kappa shape index (κ1) is 21.7. The number of guanidine groups is 1. The standard InChI is InChI=1S/C19H33N5O2S/c1-3-20-19(22-13-16-24-14-5-4-6-15-24)21-11-12-23-27(25,26)18-9-7-17(2)8-10-18/h7-10,23H,3-6,11-16H2,1-2H3,(H2,20,21,22). The summed E-state index contributed by atoms with van der Waals surface area (Å²) in [5.41, 5.74) is 1.03. The Hall–Kier alpha value is -1.64. The molecule has 1 aliphatic rings. The Balaban J connectivity index is 1.75. The van der Waals surface area contributed by atoms with Gasteiger partial charge in [-0.3, -0.25) is 4.99 Å². The lowest BCUT2D eigenvalue weighted by Crippen LogP contribution is -2.43. The van der Waals surface area contributed by atoms with Gasteiger partial charge in [0, 0.05) is 26.2 Å². The minimum absolute atomic E-state index is 0.263. The molecule has 0 aromatic heterocycles. The number of hydrogen-bond donors (Lipinski definition) is 3. The summed E-state index contributed by atoms with van der Waals surface area (Å²) in [4.78, 5) is 7.21. The highest BCUT2D eigenvalue weighted by Gasteiger charge is 2.12. The van der Waals surface area contributed by atoms with Crippen molar-refractivity contribution in [2.45, 2.75) is 38.0 Å². The lowest BCUT2D eigenvalue weighted by Gasteiger charge is -2.26. The van der Waals surface area contributed by atoms with Gasteiger partial charge in [0.05, 0.1) is 11.4 Å². The van der Waals surface area contributed by atoms with E-state index in [2.05, 4.69) is 25.2 Å². The summed E-state index contributed by atoms with van der Waals surface area (Å²) in [6.45, 7) is 9.55. The zero-order chi connectivity index (χ0) is 19.5. The molecule has 1 aliphatic heterocycles. The van der Waals surface area contributed by atoms with Gasteiger partial charge in [0.1, 0.15) is 0 Å². The van der Waals surface area contributed by atoms with Crippen molar-refractivity contribution in [1.82, 2.24) is 20.3 Å². The fourth-order valence-electron chi connectivity index (χ4n) is 3.01. The molecule has 0 amide bonds. The molecular formula is C19H33N5O2S. The number of nitrogens with one attached hydrogen (secondary N) is 3. The van der Waals surface area contributed by atoms with Crippen molar-refractivity contribution >= 4 is 16.0 Å². The fourth-order valence-corrected chi connectivity index (χ4v) is 4.03. The van der Waals surface area contributed by atoms with Gasteiger partial charge in [-0.25, -0.2) is 13.1 Å². The SMILES string of the molecule is CCNC(=NCCNS(=O)(=O)c1ccc(C)cc1)NCCN1CCCCC1. The zero-order valence-electron chi connectivity index (χ0n) is 16.5. The van der Waals surface area contributed by atoms with Gasteiger partial charge in [-0.2, -0.15) is 0 Å². The molecule has 0 unspecified atom stereocenters. The molecule has 1 heterocycles. The van der Waals surface area contributed by atoms with Gasteiger partial charge in [-0.15, -0.1) is 0 Å². The van der Waals surface area contributed by atoms with Crippen molar-refractivity contribution < 1.29 is 8.42 Å². The number of aryl methyl sites for hydroxylation is 1. The molecule has 27 heavy (non-hydrogen) atoms. The van der Waals surface area contributed by atoms with E-state index in [9.17, 15) is 8.42 Å². The molecule has 7 nitrogen and oxygen atoms in total. The second-order valence-electron chi connectivity index (χ2n) is 6.80. The summed E-state index contributed by atoms with van der Waals surface area (Å²) in [6, 6.07) is 6.82. The molecule has 1 saturated heterocycles. The molecule has 0 atom stereocenters. The van der Waals surface area contributed by atoms with E-state index in [-0.39, 0.29) is 11.4 Å². The topological polar surface area (TPSA) is 85.8 Å². The summed E-state index contributed by atoms with van der Waals surface area (Å²) >= 11 is 0. The molecule has 1 aromatic rings. The fraction of sp³-hybridized carbons (Fsp3) is 0.632. The minimum atomic E-state index is -3.49. The maximum Gasteiger partial charge on any atom is 0.240 e. The van der Waals surface area contributed by atoms with E-state index < -0.39 is 10.0 Å². The summed E-state index contributed by atoms with van der Waals surface area (Å²) in [5.74, 6) is 0.726. The predicted octanol–water partition coefficient (Wildman–Crippen LogP) is 1.31. The molecule has 0 aliphatic carbocycles. The highest BCUT2D eigenvalue weighted by Crippen LogP contribution is 2.09. The number of piperidine rings is 1. The number of sulfonamides is 1. The predicted molar refractivity (Wildman–Crippen MR) is 111 cm³/mol. The molecule has 8 heteroatoms. The van der Waals surface area contributed by atoms with Crippen LogP contribution in [0, 0.1) is 6.92 Å². The van der Waals surface area contributed by atoms with Gasteiger partial charge in [0.25, 0.3) is 0 Å². The van der Waals surface area contributed by atoms with Crippen molar-refractivity contribution in [3.05, 3.63) is 29.8 Å². The van der Waals surface area contributed by atoms with E-state index in [0.29, 0.717) is 6.54 Å². The Morgan fingerprint density at radius 1 is 1.07 bits per heavy atom. The van der Waals surface area contributed by atoms with Gasteiger partial charge in [0.2, 0.25) is 10.0 Å². The molecule has 1 fully saturated rings. The smallest absolute Gasteiger partial charge is 0.240 e. The molecule has 1 aromatic carbocycles. The molecule has 0 bridgehead atoms. The van der Waals surface area contributed by atoms with Crippen molar-refractivity contribution in [3.63, 3.8) is 0 Å². The van der Waals surface area contributed by atoms with Crippen molar-refractivity contribution in [2.75, 3.05) is 45.8 Å². The van der Waals surface area contributed by atoms with Crippen LogP contribution in [-0.4, -0.2) is 65.1 Å². The van der Waals surface area contributed by atoms with E-state index in [4.69, 9.17) is 0 Å². The third-order valence-electron chi connectivity index (χ3n) is 4.52. The first-order valence-electron chi connectivity index (χ1n) is 9.82. The zero-order valence-corrected chi connectivity index (χ0v) is 17.3. The highest BCUT2D eigenvalue weighted by molar-refractivity contribution is 7.89. The Bertz CT molecular complexity index is 683. The van der Waals surface area contributed by atoms with E-state index in [1.807, 2.05) is 13.8 Å². The molecule has 2 rings (SSSR count). The van der Waals surface area contributed by atoms with Gasteiger partial charge >= 0.3 is 0 Å². The summed E-state index contributed by atoms with van der Waals surface area (Å²) in [5, 5.41) is 6.52. The van der Waals surface area contributed by atoms with Crippen LogP contribution in [0.25, 0.3) is 0 Å². The third-order valence-corrected chi connectivity index (χ3v) is 6.00. The summed E-state index contributed by atoms with van der Waals surface area (Å²) < 4.78 is 27.1. The number of nitrogens with zero attached hydrogens (tertiary/aromatic N) is 2. The summed E-state index contributed by atoms with van der Waals surface area (Å²) in [7, 11) is -3.49. The highest BCUT2D eigenvalue weighted by atomic mass is 32.2. The minimum Gasteiger partial charge on any atom is -0.357 e. The monoisotopic (exact) mass is 395 g/mol. The van der Waals surface area contributed by atoms with E-state index in [1.165, 1.54) is 32.4 Å². The maximum atomic E-state index is 12.3. The Labute approximate surface area is 163 Å². The van der Waals surface area contributed by atoms with Crippen LogP contribution in [-0.2, 0) is 10.0 Å². The second kappa shape index (κ2) is 11.3. The van der Waals surface area contributed by atoms with E-state index in [1.54, 1.807) is 24.3 Å². The molecular weight excluding hydrogens is 362 g/mol. The summed E-state index contributed by atoms with van der Waals surface area (Å²) in [6.07, 6.45) is 3.91. The third kappa shape index (κ3) is 7.86. The lowest BCUT2D eigenvalue weighted by molar-refractivity contribution is 0.232. The van der Waals surface area contributed by atoms with E-state index >= 15 is 0 Å². The van der Waals surface area contributed by atoms with Crippen molar-refractivity contribution in [3.8, 4) is 0 Å². The Morgan fingerprint density at radius 3 is 2.44 bits per heavy atom. The molecule has 3 N–H and O–H groups in total. The van der Waals surface area contributed by atoms with Gasteiger partial charge in [-0.1, -0.05) is 24.1 Å². The van der Waals surface area contributed by atoms with Gasteiger partial charge in [-0.05, 0) is 51.9 Å². The van der Waals surface area contributed by atoms with Crippen LogP contribution < -0.4 is 15.4 Å². The maximum absolute atomic E-state index is 12.3. The largest absolute Gasteiger partial charge is 0.357 e. The number of benzene rings is 1. The quantitative estimate of drug-likeness (QED) is 0.334. The van der Waals surface area contributed by atoms with Gasteiger partial charge < -0.3 is 15.5 Å². The van der Waals surface area contributed by atoms with Gasteiger partial charge in [0.15, 0.2) is 5.96 Å². The van der Waals surface area contributed by atoms with Crippen LogP contribution >= 0.6 is 0 Å². The van der Waals surface area contributed by atoms with Crippen molar-refractivity contribution in [1.29, 1.82) is 0 Å². The van der Waals surface area contributed by atoms with Crippen LogP contribution in [0.3, 0.4) is 0 Å². The lowest BCUT2D eigenvalue weighted by atomic mass is 10.1. The molecule has 0 radical (unpaired) electrons. The molecule has 0 saturated carbocycles. The normalized spacial score (nSPS) is 16.3. The van der Waals surface area contributed by atoms with Crippen LogP contribution in [0.4, 0.5) is 0 Å². The first-order chi connectivity index (χ1) is 13.0. The van der Waals surface area contributed by atoms with E-state index in [0.717, 1.165) is 31.2 Å². The second-order valence-corrected chi connectivity index (χ2v) is 8.57. The van der Waals surface area contributed by atoms with Crippen LogP contribution in [0.2, 0.25) is 0 Å². The Morgan fingerprint density at radius 2 is 1.78 bits per heavy atom. The van der Waals surface area contributed by atoms with Crippen molar-refractivity contribution in [2.24, 2.45) is 4.99 Å². The van der Waals surface area contributed by atoms with Crippen LogP contribution in [0.1, 0.15) is 31.7 Å². The number of aliphatic imine (C=N–C) groups is 1. The average molecular weight is 396 g/mol.